The lowest BCUT2D eigenvalue weighted by Crippen LogP contribution is -2.18. The van der Waals surface area contributed by atoms with E-state index in [1.165, 1.54) is 0 Å². The van der Waals surface area contributed by atoms with Gasteiger partial charge < -0.3 is 15.2 Å². The molecule has 0 saturated carbocycles. The van der Waals surface area contributed by atoms with Gasteiger partial charge in [-0.25, -0.2) is 0 Å². The van der Waals surface area contributed by atoms with Crippen molar-refractivity contribution < 1.29 is 9.59 Å². The Kier molecular flexibility index (Phi) is 4.62. The van der Waals surface area contributed by atoms with Gasteiger partial charge in [-0.15, -0.1) is 0 Å². The Morgan fingerprint density at radius 2 is 2.30 bits per heavy atom. The van der Waals surface area contributed by atoms with Gasteiger partial charge in [0.2, 0.25) is 0 Å². The molecule has 0 atom stereocenters. The van der Waals surface area contributed by atoms with Crippen LogP contribution in [0.15, 0.2) is 36.8 Å². The van der Waals surface area contributed by atoms with Crippen molar-refractivity contribution in [3.05, 3.63) is 48.0 Å². The summed E-state index contributed by atoms with van der Waals surface area (Å²) in [5, 5.41) is 5.71. The molecule has 2 rings (SSSR count). The lowest BCUT2D eigenvalue weighted by molar-refractivity contribution is 0.101. The van der Waals surface area contributed by atoms with E-state index >= 15 is 0 Å². The lowest BCUT2D eigenvalue weighted by atomic mass is 10.2. The van der Waals surface area contributed by atoms with Gasteiger partial charge in [-0.1, -0.05) is 0 Å². The zero-order valence-electron chi connectivity index (χ0n) is 11.2. The molecule has 20 heavy (non-hydrogen) atoms. The number of amides is 1. The van der Waals surface area contributed by atoms with E-state index in [1.807, 2.05) is 7.05 Å². The fourth-order valence-corrected chi connectivity index (χ4v) is 1.87. The maximum atomic E-state index is 12.2. The lowest BCUT2D eigenvalue weighted by Gasteiger charge is -2.07. The van der Waals surface area contributed by atoms with E-state index < -0.39 is 0 Å². The van der Waals surface area contributed by atoms with E-state index in [0.717, 1.165) is 6.54 Å². The number of anilines is 1. The maximum absolute atomic E-state index is 12.2. The van der Waals surface area contributed by atoms with Gasteiger partial charge in [0.25, 0.3) is 5.91 Å². The highest BCUT2D eigenvalue weighted by atomic mass is 16.2. The van der Waals surface area contributed by atoms with Gasteiger partial charge >= 0.3 is 0 Å². The summed E-state index contributed by atoms with van der Waals surface area (Å²) < 4.78 is 1.75. The van der Waals surface area contributed by atoms with E-state index in [4.69, 9.17) is 0 Å². The second-order valence-corrected chi connectivity index (χ2v) is 4.23. The van der Waals surface area contributed by atoms with Crippen LogP contribution in [0.3, 0.4) is 0 Å². The monoisotopic (exact) mass is 272 g/mol. The highest BCUT2D eigenvalue weighted by Crippen LogP contribution is 2.12. The van der Waals surface area contributed by atoms with Crippen LogP contribution in [0.1, 0.15) is 20.8 Å². The third kappa shape index (κ3) is 3.10. The average Bonchev–Trinajstić information content (AvgIpc) is 2.89. The Morgan fingerprint density at radius 3 is 2.95 bits per heavy atom. The Morgan fingerprint density at radius 1 is 1.45 bits per heavy atom. The molecule has 0 unspecified atom stereocenters. The number of rotatable bonds is 6. The summed E-state index contributed by atoms with van der Waals surface area (Å²) in [6.45, 7) is 1.35. The minimum atomic E-state index is -0.316. The van der Waals surface area contributed by atoms with Gasteiger partial charge in [-0.05, 0) is 25.2 Å². The summed E-state index contributed by atoms with van der Waals surface area (Å²) in [7, 11) is 1.83. The number of pyridine rings is 1. The molecule has 0 radical (unpaired) electrons. The number of carbonyl (C=O) groups excluding carboxylic acids is 2. The zero-order chi connectivity index (χ0) is 14.4. The van der Waals surface area contributed by atoms with Crippen molar-refractivity contribution in [2.75, 3.05) is 18.9 Å². The Labute approximate surface area is 116 Å². The molecule has 2 aromatic heterocycles. The summed E-state index contributed by atoms with van der Waals surface area (Å²) in [5.74, 6) is -0.316. The standard InChI is InChI=1S/C14H16N4O2/c1-15-6-8-18-7-4-12(13(18)10-19)14(20)17-11-3-2-5-16-9-11/h2-5,7,9-10,15H,6,8H2,1H3,(H,17,20). The van der Waals surface area contributed by atoms with E-state index in [1.54, 1.807) is 41.4 Å². The van der Waals surface area contributed by atoms with Gasteiger partial charge in [0.15, 0.2) is 6.29 Å². The van der Waals surface area contributed by atoms with Crippen LogP contribution < -0.4 is 10.6 Å². The normalized spacial score (nSPS) is 10.2. The first-order chi connectivity index (χ1) is 9.76. The van der Waals surface area contributed by atoms with Crippen LogP contribution in [0.2, 0.25) is 0 Å². The minimum Gasteiger partial charge on any atom is -0.343 e. The van der Waals surface area contributed by atoms with Crippen LogP contribution in [0.25, 0.3) is 0 Å². The molecule has 0 spiro atoms. The Bertz CT molecular complexity index is 592. The third-order valence-electron chi connectivity index (χ3n) is 2.88. The van der Waals surface area contributed by atoms with Crippen LogP contribution >= 0.6 is 0 Å². The second kappa shape index (κ2) is 6.63. The number of aldehydes is 1. The van der Waals surface area contributed by atoms with Gasteiger partial charge in [0, 0.05) is 25.5 Å². The molecule has 104 valence electrons. The molecule has 0 aromatic carbocycles. The van der Waals surface area contributed by atoms with E-state index in [9.17, 15) is 9.59 Å². The maximum Gasteiger partial charge on any atom is 0.258 e. The number of likely N-dealkylation sites (N-methyl/N-ethyl adjacent to an activating group) is 1. The topological polar surface area (TPSA) is 76.0 Å². The Hall–Kier alpha value is -2.47. The highest BCUT2D eigenvalue weighted by Gasteiger charge is 2.15. The van der Waals surface area contributed by atoms with Crippen LogP contribution in [0.5, 0.6) is 0 Å². The zero-order valence-corrected chi connectivity index (χ0v) is 11.2. The molecular weight excluding hydrogens is 256 g/mol. The van der Waals surface area contributed by atoms with Crippen LogP contribution in [0, 0.1) is 0 Å². The third-order valence-corrected chi connectivity index (χ3v) is 2.88. The van der Waals surface area contributed by atoms with E-state index in [-0.39, 0.29) is 5.91 Å². The highest BCUT2D eigenvalue weighted by molar-refractivity contribution is 6.08. The number of hydrogen-bond donors (Lipinski definition) is 2. The van der Waals surface area contributed by atoms with Crippen molar-refractivity contribution in [2.45, 2.75) is 6.54 Å². The number of carbonyl (C=O) groups is 2. The molecule has 0 aliphatic carbocycles. The van der Waals surface area contributed by atoms with Crippen molar-refractivity contribution in [3.63, 3.8) is 0 Å². The first-order valence-corrected chi connectivity index (χ1v) is 6.26. The van der Waals surface area contributed by atoms with Gasteiger partial charge in [0.1, 0.15) is 0 Å². The summed E-state index contributed by atoms with van der Waals surface area (Å²) in [4.78, 5) is 27.3. The SMILES string of the molecule is CNCCn1ccc(C(=O)Nc2cccnc2)c1C=O. The smallest absolute Gasteiger partial charge is 0.258 e. The fourth-order valence-electron chi connectivity index (χ4n) is 1.87. The molecule has 0 fully saturated rings. The van der Waals surface area contributed by atoms with Crippen molar-refractivity contribution in [1.82, 2.24) is 14.9 Å². The van der Waals surface area contributed by atoms with Crippen molar-refractivity contribution >= 4 is 17.9 Å². The number of aromatic nitrogens is 2. The molecule has 6 heteroatoms. The molecule has 2 aromatic rings. The summed E-state index contributed by atoms with van der Waals surface area (Å²) >= 11 is 0. The molecule has 1 amide bonds. The van der Waals surface area contributed by atoms with E-state index in [2.05, 4.69) is 15.6 Å². The van der Waals surface area contributed by atoms with Crippen LogP contribution in [-0.4, -0.2) is 35.3 Å². The molecule has 0 bridgehead atoms. The van der Waals surface area contributed by atoms with Crippen LogP contribution in [-0.2, 0) is 6.54 Å². The summed E-state index contributed by atoms with van der Waals surface area (Å²) in [5.41, 5.74) is 1.33. The van der Waals surface area contributed by atoms with E-state index in [0.29, 0.717) is 29.8 Å². The molecule has 0 aliphatic rings. The molecule has 2 N–H and O–H groups in total. The van der Waals surface area contributed by atoms with Gasteiger partial charge in [0.05, 0.1) is 23.1 Å². The Balaban J connectivity index is 2.17. The molecule has 0 aliphatic heterocycles. The molecular formula is C14H16N4O2. The quantitative estimate of drug-likeness (QED) is 0.774. The number of hydrogen-bond acceptors (Lipinski definition) is 4. The van der Waals surface area contributed by atoms with Crippen molar-refractivity contribution in [3.8, 4) is 0 Å². The van der Waals surface area contributed by atoms with Crippen molar-refractivity contribution in [2.24, 2.45) is 0 Å². The number of nitrogens with one attached hydrogen (secondary N) is 2. The first kappa shape index (κ1) is 14.0. The predicted molar refractivity (Wildman–Crippen MR) is 75.9 cm³/mol. The molecule has 2 heterocycles. The average molecular weight is 272 g/mol. The first-order valence-electron chi connectivity index (χ1n) is 6.26. The van der Waals surface area contributed by atoms with Crippen molar-refractivity contribution in [1.29, 1.82) is 0 Å². The van der Waals surface area contributed by atoms with Gasteiger partial charge in [-0.2, -0.15) is 0 Å². The molecule has 0 saturated heterocycles. The number of nitrogens with zero attached hydrogens (tertiary/aromatic N) is 2. The minimum absolute atomic E-state index is 0.316. The molecule has 6 nitrogen and oxygen atoms in total. The fraction of sp³-hybridized carbons (Fsp3) is 0.214. The summed E-state index contributed by atoms with van der Waals surface area (Å²) in [6.07, 6.45) is 5.62. The van der Waals surface area contributed by atoms with Crippen LogP contribution in [0.4, 0.5) is 5.69 Å². The largest absolute Gasteiger partial charge is 0.343 e. The van der Waals surface area contributed by atoms with Gasteiger partial charge in [-0.3, -0.25) is 14.6 Å². The summed E-state index contributed by atoms with van der Waals surface area (Å²) in [6, 6.07) is 5.11. The second-order valence-electron chi connectivity index (χ2n) is 4.23. The predicted octanol–water partition coefficient (Wildman–Crippen LogP) is 1.17.